The lowest BCUT2D eigenvalue weighted by Crippen LogP contribution is -2.22. The first-order valence-electron chi connectivity index (χ1n) is 7.99. The number of nitrogens with two attached hydrogens (primary N) is 1. The minimum Gasteiger partial charge on any atom is -0.491 e. The molecule has 0 amide bonds. The molecule has 4 nitrogen and oxygen atoms in total. The summed E-state index contributed by atoms with van der Waals surface area (Å²) in [6.07, 6.45) is 1.16. The van der Waals surface area contributed by atoms with Crippen LogP contribution in [-0.4, -0.2) is 12.1 Å². The molecule has 3 N–H and O–H groups in total. The molecule has 2 aromatic rings. The van der Waals surface area contributed by atoms with Gasteiger partial charge in [0, 0.05) is 5.69 Å². The minimum atomic E-state index is 0. The van der Waals surface area contributed by atoms with Crippen molar-refractivity contribution in [2.45, 2.75) is 39.8 Å². The van der Waals surface area contributed by atoms with E-state index in [9.17, 15) is 0 Å². The van der Waals surface area contributed by atoms with Gasteiger partial charge in [-0.3, -0.25) is 0 Å². The molecule has 0 atom stereocenters. The third-order valence-electron chi connectivity index (χ3n) is 3.42. The highest BCUT2D eigenvalue weighted by atomic mass is 127. The zero-order valence-corrected chi connectivity index (χ0v) is 16.8. The highest BCUT2D eigenvalue weighted by molar-refractivity contribution is 14.0. The average molecular weight is 439 g/mol. The molecule has 130 valence electrons. The van der Waals surface area contributed by atoms with Crippen molar-refractivity contribution in [2.75, 3.05) is 5.32 Å². The standard InChI is InChI=1S/C19H25N3O.HI/c1-4-15-7-5-6-8-16(15)13-21-19(20)22-17-9-11-18(12-10-17)23-14(2)3;/h5-12,14H,4,13H2,1-3H3,(H3,20,21,22);1H. The molecule has 0 bridgehead atoms. The summed E-state index contributed by atoms with van der Waals surface area (Å²) in [7, 11) is 0. The largest absolute Gasteiger partial charge is 0.491 e. The van der Waals surface area contributed by atoms with Crippen LogP contribution in [0.15, 0.2) is 53.5 Å². The second-order valence-corrected chi connectivity index (χ2v) is 5.64. The van der Waals surface area contributed by atoms with Crippen LogP contribution in [0.2, 0.25) is 0 Å². The Bertz CT molecular complexity index is 654. The number of aliphatic imine (C=N–C) groups is 1. The lowest BCUT2D eigenvalue weighted by atomic mass is 10.1. The van der Waals surface area contributed by atoms with Gasteiger partial charge in [-0.15, -0.1) is 24.0 Å². The number of ether oxygens (including phenoxy) is 1. The number of nitrogens with zero attached hydrogens (tertiary/aromatic N) is 1. The Kier molecular flexibility index (Phi) is 8.60. The Balaban J connectivity index is 0.00000288. The van der Waals surface area contributed by atoms with Gasteiger partial charge in [0.1, 0.15) is 5.75 Å². The van der Waals surface area contributed by atoms with Crippen LogP contribution in [0.5, 0.6) is 5.75 Å². The molecule has 0 aliphatic rings. The van der Waals surface area contributed by atoms with Crippen molar-refractivity contribution in [3.63, 3.8) is 0 Å². The molecule has 0 aliphatic carbocycles. The first-order chi connectivity index (χ1) is 11.1. The molecule has 0 saturated carbocycles. The van der Waals surface area contributed by atoms with Gasteiger partial charge in [0.25, 0.3) is 0 Å². The van der Waals surface area contributed by atoms with Gasteiger partial charge in [0.15, 0.2) is 5.96 Å². The zero-order valence-electron chi connectivity index (χ0n) is 14.5. The van der Waals surface area contributed by atoms with E-state index in [1.807, 2.05) is 44.2 Å². The van der Waals surface area contributed by atoms with Gasteiger partial charge in [-0.05, 0) is 55.7 Å². The van der Waals surface area contributed by atoms with Crippen molar-refractivity contribution in [3.05, 3.63) is 59.7 Å². The molecule has 0 heterocycles. The number of aryl methyl sites for hydroxylation is 1. The normalized spacial score (nSPS) is 11.1. The van der Waals surface area contributed by atoms with E-state index in [4.69, 9.17) is 10.5 Å². The van der Waals surface area contributed by atoms with Crippen LogP contribution in [0.25, 0.3) is 0 Å². The number of guanidine groups is 1. The fourth-order valence-corrected chi connectivity index (χ4v) is 2.30. The number of hydrogen-bond donors (Lipinski definition) is 2. The quantitative estimate of drug-likeness (QED) is 0.394. The summed E-state index contributed by atoms with van der Waals surface area (Å²) in [6, 6.07) is 16.0. The van der Waals surface area contributed by atoms with E-state index in [2.05, 4.69) is 35.4 Å². The van der Waals surface area contributed by atoms with E-state index in [1.54, 1.807) is 0 Å². The van der Waals surface area contributed by atoms with Crippen LogP contribution in [0, 0.1) is 0 Å². The smallest absolute Gasteiger partial charge is 0.193 e. The molecule has 0 aromatic heterocycles. The summed E-state index contributed by atoms with van der Waals surface area (Å²) in [6.45, 7) is 6.73. The van der Waals surface area contributed by atoms with Gasteiger partial charge in [-0.25, -0.2) is 4.99 Å². The maximum Gasteiger partial charge on any atom is 0.193 e. The van der Waals surface area contributed by atoms with Gasteiger partial charge >= 0.3 is 0 Å². The summed E-state index contributed by atoms with van der Waals surface area (Å²) >= 11 is 0. The maximum atomic E-state index is 5.97. The van der Waals surface area contributed by atoms with Crippen molar-refractivity contribution in [2.24, 2.45) is 10.7 Å². The van der Waals surface area contributed by atoms with Gasteiger partial charge in [-0.2, -0.15) is 0 Å². The summed E-state index contributed by atoms with van der Waals surface area (Å²) in [4.78, 5) is 4.42. The topological polar surface area (TPSA) is 59.6 Å². The fourth-order valence-electron chi connectivity index (χ4n) is 2.30. The predicted octanol–water partition coefficient (Wildman–Crippen LogP) is 4.58. The fraction of sp³-hybridized carbons (Fsp3) is 0.316. The molecule has 0 unspecified atom stereocenters. The summed E-state index contributed by atoms with van der Waals surface area (Å²) < 4.78 is 5.62. The number of halogens is 1. The molecular weight excluding hydrogens is 413 g/mol. The van der Waals surface area contributed by atoms with Crippen LogP contribution in [0.4, 0.5) is 5.69 Å². The van der Waals surface area contributed by atoms with E-state index in [-0.39, 0.29) is 30.1 Å². The molecule has 0 fully saturated rings. The predicted molar refractivity (Wildman–Crippen MR) is 112 cm³/mol. The van der Waals surface area contributed by atoms with Crippen LogP contribution < -0.4 is 15.8 Å². The van der Waals surface area contributed by atoms with E-state index in [0.29, 0.717) is 12.5 Å². The second kappa shape index (κ2) is 10.2. The molecular formula is C19H26IN3O. The Hall–Kier alpha value is -1.76. The number of benzene rings is 2. The minimum absolute atomic E-state index is 0. The summed E-state index contributed by atoms with van der Waals surface area (Å²) in [5, 5.41) is 3.10. The van der Waals surface area contributed by atoms with Crippen LogP contribution >= 0.6 is 24.0 Å². The first-order valence-corrected chi connectivity index (χ1v) is 7.99. The molecule has 0 spiro atoms. The number of rotatable bonds is 6. The number of hydrogen-bond acceptors (Lipinski definition) is 2. The van der Waals surface area contributed by atoms with E-state index in [0.717, 1.165) is 17.9 Å². The first kappa shape index (κ1) is 20.3. The Morgan fingerprint density at radius 1 is 1.08 bits per heavy atom. The van der Waals surface area contributed by atoms with E-state index < -0.39 is 0 Å². The SMILES string of the molecule is CCc1ccccc1CN=C(N)Nc1ccc(OC(C)C)cc1.I. The molecule has 2 aromatic carbocycles. The van der Waals surface area contributed by atoms with Gasteiger partial charge in [-0.1, -0.05) is 31.2 Å². The average Bonchev–Trinajstić information content (AvgIpc) is 2.54. The van der Waals surface area contributed by atoms with Crippen molar-refractivity contribution in [1.82, 2.24) is 0 Å². The van der Waals surface area contributed by atoms with Crippen LogP contribution in [0.1, 0.15) is 31.9 Å². The van der Waals surface area contributed by atoms with Crippen molar-refractivity contribution < 1.29 is 4.74 Å². The Morgan fingerprint density at radius 3 is 2.29 bits per heavy atom. The Labute approximate surface area is 161 Å². The van der Waals surface area contributed by atoms with Crippen molar-refractivity contribution in [1.29, 1.82) is 0 Å². The molecule has 24 heavy (non-hydrogen) atoms. The van der Waals surface area contributed by atoms with Gasteiger partial charge in [0.2, 0.25) is 0 Å². The lowest BCUT2D eigenvalue weighted by molar-refractivity contribution is 0.242. The van der Waals surface area contributed by atoms with E-state index in [1.165, 1.54) is 11.1 Å². The zero-order chi connectivity index (χ0) is 16.7. The van der Waals surface area contributed by atoms with Crippen LogP contribution in [0.3, 0.4) is 0 Å². The van der Waals surface area contributed by atoms with E-state index >= 15 is 0 Å². The van der Waals surface area contributed by atoms with Gasteiger partial charge < -0.3 is 15.8 Å². The highest BCUT2D eigenvalue weighted by Gasteiger charge is 2.01. The van der Waals surface area contributed by atoms with Crippen molar-refractivity contribution >= 4 is 35.6 Å². The second-order valence-electron chi connectivity index (χ2n) is 5.64. The monoisotopic (exact) mass is 439 g/mol. The number of nitrogens with one attached hydrogen (secondary N) is 1. The summed E-state index contributed by atoms with van der Waals surface area (Å²) in [5.74, 6) is 1.26. The van der Waals surface area contributed by atoms with Crippen LogP contribution in [-0.2, 0) is 13.0 Å². The molecule has 0 aliphatic heterocycles. The number of anilines is 1. The molecule has 0 saturated heterocycles. The van der Waals surface area contributed by atoms with Gasteiger partial charge in [0.05, 0.1) is 12.6 Å². The molecule has 0 radical (unpaired) electrons. The molecule has 2 rings (SSSR count). The summed E-state index contributed by atoms with van der Waals surface area (Å²) in [5.41, 5.74) is 9.38. The maximum absolute atomic E-state index is 5.97. The third-order valence-corrected chi connectivity index (χ3v) is 3.42. The molecule has 5 heteroatoms. The highest BCUT2D eigenvalue weighted by Crippen LogP contribution is 2.17. The lowest BCUT2D eigenvalue weighted by Gasteiger charge is -2.11. The van der Waals surface area contributed by atoms with Crippen molar-refractivity contribution in [3.8, 4) is 5.75 Å². The Morgan fingerprint density at radius 2 is 1.71 bits per heavy atom. The third kappa shape index (κ3) is 6.39.